The van der Waals surface area contributed by atoms with Gasteiger partial charge in [0.05, 0.1) is 5.69 Å². The smallest absolute Gasteiger partial charge is 0.225 e. The number of carbonyl (C=O) groups is 1. The Hall–Kier alpha value is -2.24. The van der Waals surface area contributed by atoms with Gasteiger partial charge in [0.25, 0.3) is 0 Å². The van der Waals surface area contributed by atoms with Crippen LogP contribution in [-0.4, -0.2) is 43.8 Å². The van der Waals surface area contributed by atoms with Crippen molar-refractivity contribution in [1.29, 1.82) is 0 Å². The SMILES string of the molecule is Cc1cnc(-c2nccnc2CC2CCN(C(=O)C3CCCC3)C2)[nH]1. The quantitative estimate of drug-likeness (QED) is 0.929. The van der Waals surface area contributed by atoms with E-state index in [1.807, 2.05) is 13.1 Å². The number of nitrogens with one attached hydrogen (secondary N) is 1. The number of hydrogen-bond donors (Lipinski definition) is 1. The van der Waals surface area contributed by atoms with E-state index in [-0.39, 0.29) is 5.92 Å². The largest absolute Gasteiger partial charge is 0.342 e. The van der Waals surface area contributed by atoms with Gasteiger partial charge in [0, 0.05) is 43.3 Å². The van der Waals surface area contributed by atoms with Crippen molar-refractivity contribution >= 4 is 5.91 Å². The molecule has 0 aromatic carbocycles. The Morgan fingerprint density at radius 3 is 2.76 bits per heavy atom. The number of amides is 1. The predicted octanol–water partition coefficient (Wildman–Crippen LogP) is 2.76. The van der Waals surface area contributed by atoms with Gasteiger partial charge in [0.1, 0.15) is 5.69 Å². The molecular formula is C19H25N5O. The highest BCUT2D eigenvalue weighted by atomic mass is 16.2. The van der Waals surface area contributed by atoms with Gasteiger partial charge in [0.15, 0.2) is 5.82 Å². The first kappa shape index (κ1) is 16.2. The van der Waals surface area contributed by atoms with E-state index >= 15 is 0 Å². The van der Waals surface area contributed by atoms with E-state index in [0.29, 0.717) is 11.8 Å². The molecule has 6 heteroatoms. The molecule has 3 heterocycles. The highest BCUT2D eigenvalue weighted by Gasteiger charge is 2.32. The second kappa shape index (κ2) is 6.94. The molecule has 2 fully saturated rings. The maximum absolute atomic E-state index is 12.6. The summed E-state index contributed by atoms with van der Waals surface area (Å²) in [4.78, 5) is 31.4. The van der Waals surface area contributed by atoms with Gasteiger partial charge in [-0.15, -0.1) is 0 Å². The van der Waals surface area contributed by atoms with Crippen molar-refractivity contribution in [1.82, 2.24) is 24.8 Å². The minimum absolute atomic E-state index is 0.275. The van der Waals surface area contributed by atoms with Crippen molar-refractivity contribution in [3.05, 3.63) is 30.0 Å². The summed E-state index contributed by atoms with van der Waals surface area (Å²) >= 11 is 0. The molecule has 0 radical (unpaired) electrons. The number of carbonyl (C=O) groups excluding carboxylic acids is 1. The molecule has 1 N–H and O–H groups in total. The maximum atomic E-state index is 12.6. The van der Waals surface area contributed by atoms with Gasteiger partial charge in [-0.05, 0) is 38.5 Å². The van der Waals surface area contributed by atoms with E-state index in [9.17, 15) is 4.79 Å². The molecule has 2 aliphatic rings. The minimum Gasteiger partial charge on any atom is -0.342 e. The van der Waals surface area contributed by atoms with Gasteiger partial charge >= 0.3 is 0 Å². The van der Waals surface area contributed by atoms with Crippen LogP contribution in [0, 0.1) is 18.8 Å². The van der Waals surface area contributed by atoms with Crippen LogP contribution in [0.1, 0.15) is 43.5 Å². The van der Waals surface area contributed by atoms with Crippen LogP contribution < -0.4 is 0 Å². The molecule has 1 atom stereocenters. The zero-order valence-corrected chi connectivity index (χ0v) is 14.7. The number of imidazole rings is 1. The lowest BCUT2D eigenvalue weighted by Gasteiger charge is -2.20. The summed E-state index contributed by atoms with van der Waals surface area (Å²) in [5.74, 6) is 1.88. The lowest BCUT2D eigenvalue weighted by Crippen LogP contribution is -2.33. The third kappa shape index (κ3) is 3.43. The first-order valence-electron chi connectivity index (χ1n) is 9.31. The highest BCUT2D eigenvalue weighted by Crippen LogP contribution is 2.30. The molecular weight excluding hydrogens is 314 g/mol. The van der Waals surface area contributed by atoms with Crippen LogP contribution in [0.4, 0.5) is 0 Å². The van der Waals surface area contributed by atoms with Crippen molar-refractivity contribution in [2.24, 2.45) is 11.8 Å². The van der Waals surface area contributed by atoms with Crippen LogP contribution in [0.5, 0.6) is 0 Å². The van der Waals surface area contributed by atoms with Gasteiger partial charge < -0.3 is 9.88 Å². The molecule has 4 rings (SSSR count). The van der Waals surface area contributed by atoms with Crippen LogP contribution in [0.15, 0.2) is 18.6 Å². The van der Waals surface area contributed by atoms with E-state index in [1.54, 1.807) is 12.4 Å². The van der Waals surface area contributed by atoms with Gasteiger partial charge in [0.2, 0.25) is 5.91 Å². The summed E-state index contributed by atoms with van der Waals surface area (Å²) in [6.45, 7) is 3.72. The average molecular weight is 339 g/mol. The molecule has 1 unspecified atom stereocenters. The van der Waals surface area contributed by atoms with Crippen LogP contribution >= 0.6 is 0 Å². The monoisotopic (exact) mass is 339 g/mol. The molecule has 0 bridgehead atoms. The molecule has 0 spiro atoms. The second-order valence-corrected chi connectivity index (χ2v) is 7.39. The normalized spacial score (nSPS) is 21.2. The van der Waals surface area contributed by atoms with Crippen LogP contribution in [0.25, 0.3) is 11.5 Å². The lowest BCUT2D eigenvalue weighted by molar-refractivity contribution is -0.134. The topological polar surface area (TPSA) is 74.8 Å². The highest BCUT2D eigenvalue weighted by molar-refractivity contribution is 5.79. The zero-order valence-electron chi connectivity index (χ0n) is 14.7. The summed E-state index contributed by atoms with van der Waals surface area (Å²) in [6.07, 6.45) is 11.7. The van der Waals surface area contributed by atoms with Crippen molar-refractivity contribution in [2.45, 2.75) is 45.4 Å². The van der Waals surface area contributed by atoms with Gasteiger partial charge in [-0.25, -0.2) is 9.97 Å². The van der Waals surface area contributed by atoms with E-state index in [0.717, 1.165) is 61.7 Å². The number of hydrogen-bond acceptors (Lipinski definition) is 4. The molecule has 1 saturated heterocycles. The van der Waals surface area contributed by atoms with Gasteiger partial charge in [-0.3, -0.25) is 9.78 Å². The molecule has 1 aliphatic heterocycles. The Kier molecular flexibility index (Phi) is 4.51. The number of H-pyrrole nitrogens is 1. The van der Waals surface area contributed by atoms with Gasteiger partial charge in [-0.1, -0.05) is 12.8 Å². The zero-order chi connectivity index (χ0) is 17.2. The number of rotatable bonds is 4. The lowest BCUT2D eigenvalue weighted by atomic mass is 10.0. The predicted molar refractivity (Wildman–Crippen MR) is 94.7 cm³/mol. The van der Waals surface area contributed by atoms with Crippen LogP contribution in [0.2, 0.25) is 0 Å². The summed E-state index contributed by atoms with van der Waals surface area (Å²) in [5.41, 5.74) is 2.81. The minimum atomic E-state index is 0.275. The van der Waals surface area contributed by atoms with Crippen LogP contribution in [0.3, 0.4) is 0 Å². The maximum Gasteiger partial charge on any atom is 0.225 e. The standard InChI is InChI=1S/C19H25N5O/c1-13-11-22-18(23-13)17-16(20-7-8-21-17)10-14-6-9-24(12-14)19(25)15-4-2-3-5-15/h7-8,11,14-15H,2-6,9-10,12H2,1H3,(H,22,23). The molecule has 1 aliphatic carbocycles. The number of aromatic amines is 1. The molecule has 132 valence electrons. The third-order valence-corrected chi connectivity index (χ3v) is 5.49. The van der Waals surface area contributed by atoms with Crippen molar-refractivity contribution in [2.75, 3.05) is 13.1 Å². The molecule has 25 heavy (non-hydrogen) atoms. The number of likely N-dealkylation sites (tertiary alicyclic amines) is 1. The molecule has 1 saturated carbocycles. The van der Waals surface area contributed by atoms with E-state index in [1.165, 1.54) is 12.8 Å². The molecule has 6 nitrogen and oxygen atoms in total. The van der Waals surface area contributed by atoms with E-state index in [4.69, 9.17) is 0 Å². The number of nitrogens with zero attached hydrogens (tertiary/aromatic N) is 4. The fraction of sp³-hybridized carbons (Fsp3) is 0.579. The Morgan fingerprint density at radius 2 is 2.00 bits per heavy atom. The summed E-state index contributed by atoms with van der Waals surface area (Å²) in [6, 6.07) is 0. The average Bonchev–Trinajstić information content (AvgIpc) is 3.36. The number of aromatic nitrogens is 4. The van der Waals surface area contributed by atoms with Crippen LogP contribution in [-0.2, 0) is 11.2 Å². The molecule has 2 aromatic rings. The number of aryl methyl sites for hydroxylation is 1. The Morgan fingerprint density at radius 1 is 1.20 bits per heavy atom. The Labute approximate surface area is 148 Å². The fourth-order valence-electron chi connectivity index (χ4n) is 4.15. The Bertz CT molecular complexity index is 750. The third-order valence-electron chi connectivity index (χ3n) is 5.49. The van der Waals surface area contributed by atoms with E-state index in [2.05, 4.69) is 24.8 Å². The van der Waals surface area contributed by atoms with Crippen molar-refractivity contribution in [3.8, 4) is 11.5 Å². The van der Waals surface area contributed by atoms with Crippen molar-refractivity contribution in [3.63, 3.8) is 0 Å². The summed E-state index contributed by atoms with van der Waals surface area (Å²) < 4.78 is 0. The van der Waals surface area contributed by atoms with Crippen molar-refractivity contribution < 1.29 is 4.79 Å². The molecule has 1 amide bonds. The fourth-order valence-corrected chi connectivity index (χ4v) is 4.15. The van der Waals surface area contributed by atoms with Gasteiger partial charge in [-0.2, -0.15) is 0 Å². The summed E-state index contributed by atoms with van der Waals surface area (Å²) in [7, 11) is 0. The first-order chi connectivity index (χ1) is 12.2. The summed E-state index contributed by atoms with van der Waals surface area (Å²) in [5, 5.41) is 0. The van der Waals surface area contributed by atoms with E-state index < -0.39 is 0 Å². The molecule has 2 aromatic heterocycles. The first-order valence-corrected chi connectivity index (χ1v) is 9.31. The Balaban J connectivity index is 1.44. The second-order valence-electron chi connectivity index (χ2n) is 7.39.